The standard InChI is InChI=1S/C16H29N3/c1-12(2)18-10-14-8-9-17-11-15(14)19(7)13(3)16(4,5)6/h8-9,11-13,18H,10H2,1-7H3. The van der Waals surface area contributed by atoms with Gasteiger partial charge >= 0.3 is 0 Å². The van der Waals surface area contributed by atoms with Gasteiger partial charge in [-0.3, -0.25) is 4.98 Å². The minimum Gasteiger partial charge on any atom is -0.370 e. The van der Waals surface area contributed by atoms with Crippen LogP contribution >= 0.6 is 0 Å². The molecule has 0 saturated carbocycles. The Balaban J connectivity index is 2.93. The number of anilines is 1. The van der Waals surface area contributed by atoms with Crippen LogP contribution in [0, 0.1) is 5.41 Å². The van der Waals surface area contributed by atoms with Gasteiger partial charge in [0.2, 0.25) is 0 Å². The Hall–Kier alpha value is -1.09. The second-order valence-electron chi connectivity index (χ2n) is 6.69. The van der Waals surface area contributed by atoms with E-state index in [1.165, 1.54) is 11.3 Å². The summed E-state index contributed by atoms with van der Waals surface area (Å²) in [5.74, 6) is 0. The Bertz CT molecular complexity index is 393. The van der Waals surface area contributed by atoms with Crippen LogP contribution in [-0.4, -0.2) is 24.1 Å². The van der Waals surface area contributed by atoms with Crippen molar-refractivity contribution in [2.45, 2.75) is 60.2 Å². The highest BCUT2D eigenvalue weighted by Gasteiger charge is 2.25. The summed E-state index contributed by atoms with van der Waals surface area (Å²) in [5, 5.41) is 3.48. The highest BCUT2D eigenvalue weighted by molar-refractivity contribution is 5.52. The molecule has 1 aromatic heterocycles. The molecule has 108 valence electrons. The largest absolute Gasteiger partial charge is 0.370 e. The molecule has 0 aliphatic rings. The van der Waals surface area contributed by atoms with Gasteiger partial charge in [-0.1, -0.05) is 34.6 Å². The van der Waals surface area contributed by atoms with Gasteiger partial charge in [0.25, 0.3) is 0 Å². The predicted octanol–water partition coefficient (Wildman–Crippen LogP) is 3.45. The number of hydrogen-bond acceptors (Lipinski definition) is 3. The third-order valence-electron chi connectivity index (χ3n) is 3.80. The zero-order valence-corrected chi connectivity index (χ0v) is 13.5. The van der Waals surface area contributed by atoms with E-state index in [0.29, 0.717) is 12.1 Å². The summed E-state index contributed by atoms with van der Waals surface area (Å²) in [6.07, 6.45) is 3.84. The van der Waals surface area contributed by atoms with E-state index in [0.717, 1.165) is 6.54 Å². The second-order valence-corrected chi connectivity index (χ2v) is 6.69. The first-order valence-corrected chi connectivity index (χ1v) is 7.12. The van der Waals surface area contributed by atoms with Gasteiger partial charge in [-0.25, -0.2) is 0 Å². The van der Waals surface area contributed by atoms with Gasteiger partial charge in [0.15, 0.2) is 0 Å². The summed E-state index contributed by atoms with van der Waals surface area (Å²) in [7, 11) is 2.16. The first-order chi connectivity index (χ1) is 8.73. The lowest BCUT2D eigenvalue weighted by molar-refractivity contribution is 0.329. The molecule has 1 unspecified atom stereocenters. The van der Waals surface area contributed by atoms with E-state index in [2.05, 4.69) is 69.9 Å². The van der Waals surface area contributed by atoms with Crippen molar-refractivity contribution >= 4 is 5.69 Å². The van der Waals surface area contributed by atoms with Gasteiger partial charge in [-0.2, -0.15) is 0 Å². The Morgan fingerprint density at radius 3 is 2.42 bits per heavy atom. The molecule has 0 bridgehead atoms. The SMILES string of the molecule is CC(C)NCc1ccncc1N(C)C(C)C(C)(C)C. The monoisotopic (exact) mass is 263 g/mol. The molecule has 3 nitrogen and oxygen atoms in total. The van der Waals surface area contributed by atoms with E-state index in [1.807, 2.05) is 12.4 Å². The first kappa shape index (κ1) is 16.0. The minimum atomic E-state index is 0.243. The number of aromatic nitrogens is 1. The van der Waals surface area contributed by atoms with Gasteiger partial charge in [0.1, 0.15) is 0 Å². The molecule has 0 amide bonds. The molecule has 1 N–H and O–H groups in total. The fraction of sp³-hybridized carbons (Fsp3) is 0.688. The summed E-state index contributed by atoms with van der Waals surface area (Å²) in [5.41, 5.74) is 2.77. The Labute approximate surface area is 118 Å². The van der Waals surface area contributed by atoms with E-state index in [-0.39, 0.29) is 5.41 Å². The van der Waals surface area contributed by atoms with Crippen molar-refractivity contribution in [1.82, 2.24) is 10.3 Å². The molecule has 1 atom stereocenters. The second kappa shape index (κ2) is 6.38. The summed E-state index contributed by atoms with van der Waals surface area (Å²) < 4.78 is 0. The molecule has 0 fully saturated rings. The highest BCUT2D eigenvalue weighted by Crippen LogP contribution is 2.28. The molecule has 0 saturated heterocycles. The molecule has 3 heteroatoms. The lowest BCUT2D eigenvalue weighted by Crippen LogP contribution is -2.40. The number of rotatable bonds is 5. The summed E-state index contributed by atoms with van der Waals surface area (Å²) in [6, 6.07) is 3.05. The zero-order chi connectivity index (χ0) is 14.6. The number of nitrogens with one attached hydrogen (secondary N) is 1. The molecule has 0 aliphatic carbocycles. The van der Waals surface area contributed by atoms with Crippen LogP contribution in [0.2, 0.25) is 0 Å². The molecule has 0 aliphatic heterocycles. The van der Waals surface area contributed by atoms with Gasteiger partial charge in [-0.15, -0.1) is 0 Å². The fourth-order valence-electron chi connectivity index (χ4n) is 1.99. The van der Waals surface area contributed by atoms with Gasteiger partial charge < -0.3 is 10.2 Å². The molecule has 0 spiro atoms. The van der Waals surface area contributed by atoms with Crippen LogP contribution in [0.1, 0.15) is 47.1 Å². The highest BCUT2D eigenvalue weighted by atomic mass is 15.1. The molecule has 0 aromatic carbocycles. The average molecular weight is 263 g/mol. The quantitative estimate of drug-likeness (QED) is 0.882. The van der Waals surface area contributed by atoms with E-state index in [1.54, 1.807) is 0 Å². The number of hydrogen-bond donors (Lipinski definition) is 1. The summed E-state index contributed by atoms with van der Waals surface area (Å²) >= 11 is 0. The van der Waals surface area contributed by atoms with Crippen LogP contribution in [-0.2, 0) is 6.54 Å². The molecule has 19 heavy (non-hydrogen) atoms. The fourth-order valence-corrected chi connectivity index (χ4v) is 1.99. The van der Waals surface area contributed by atoms with Gasteiger partial charge in [0, 0.05) is 31.9 Å². The van der Waals surface area contributed by atoms with Crippen molar-refractivity contribution in [3.05, 3.63) is 24.0 Å². The molecule has 1 aromatic rings. The number of pyridine rings is 1. The smallest absolute Gasteiger partial charge is 0.0598 e. The third-order valence-corrected chi connectivity index (χ3v) is 3.80. The van der Waals surface area contributed by atoms with Crippen molar-refractivity contribution in [3.8, 4) is 0 Å². The normalized spacial score (nSPS) is 13.7. The lowest BCUT2D eigenvalue weighted by Gasteiger charge is -2.37. The van der Waals surface area contributed by atoms with Gasteiger partial charge in [0.05, 0.1) is 11.9 Å². The Morgan fingerprint density at radius 2 is 1.89 bits per heavy atom. The Morgan fingerprint density at radius 1 is 1.26 bits per heavy atom. The maximum Gasteiger partial charge on any atom is 0.0598 e. The van der Waals surface area contributed by atoms with Crippen LogP contribution in [0.15, 0.2) is 18.5 Å². The van der Waals surface area contributed by atoms with Crippen LogP contribution in [0.3, 0.4) is 0 Å². The van der Waals surface area contributed by atoms with E-state index in [4.69, 9.17) is 0 Å². The summed E-state index contributed by atoms with van der Waals surface area (Å²) in [4.78, 5) is 6.63. The van der Waals surface area contributed by atoms with Crippen molar-refractivity contribution in [2.75, 3.05) is 11.9 Å². The van der Waals surface area contributed by atoms with Crippen LogP contribution in [0.5, 0.6) is 0 Å². The molecule has 1 heterocycles. The lowest BCUT2D eigenvalue weighted by atomic mass is 9.87. The maximum atomic E-state index is 4.29. The molecule has 1 rings (SSSR count). The van der Waals surface area contributed by atoms with Crippen molar-refractivity contribution in [1.29, 1.82) is 0 Å². The van der Waals surface area contributed by atoms with E-state index < -0.39 is 0 Å². The Kier molecular flexibility index (Phi) is 5.36. The summed E-state index contributed by atoms with van der Waals surface area (Å²) in [6.45, 7) is 14.3. The zero-order valence-electron chi connectivity index (χ0n) is 13.5. The molecular weight excluding hydrogens is 234 g/mol. The third kappa shape index (κ3) is 4.50. The molecule has 0 radical (unpaired) electrons. The number of nitrogens with zero attached hydrogens (tertiary/aromatic N) is 2. The van der Waals surface area contributed by atoms with Crippen molar-refractivity contribution in [2.24, 2.45) is 5.41 Å². The average Bonchev–Trinajstić information content (AvgIpc) is 2.33. The van der Waals surface area contributed by atoms with Crippen LogP contribution < -0.4 is 10.2 Å². The van der Waals surface area contributed by atoms with Crippen LogP contribution in [0.25, 0.3) is 0 Å². The topological polar surface area (TPSA) is 28.2 Å². The van der Waals surface area contributed by atoms with Crippen molar-refractivity contribution in [3.63, 3.8) is 0 Å². The first-order valence-electron chi connectivity index (χ1n) is 7.12. The van der Waals surface area contributed by atoms with Crippen molar-refractivity contribution < 1.29 is 0 Å². The minimum absolute atomic E-state index is 0.243. The molecular formula is C16H29N3. The van der Waals surface area contributed by atoms with E-state index >= 15 is 0 Å². The van der Waals surface area contributed by atoms with Crippen LogP contribution in [0.4, 0.5) is 5.69 Å². The maximum absolute atomic E-state index is 4.29. The van der Waals surface area contributed by atoms with E-state index in [9.17, 15) is 0 Å². The van der Waals surface area contributed by atoms with Gasteiger partial charge in [-0.05, 0) is 24.0 Å². The predicted molar refractivity (Wildman–Crippen MR) is 83.5 cm³/mol.